The lowest BCUT2D eigenvalue weighted by Crippen LogP contribution is -2.56. The Morgan fingerprint density at radius 2 is 0.690 bits per heavy atom. The van der Waals surface area contributed by atoms with Gasteiger partial charge in [-0.15, -0.1) is 0 Å². The lowest BCUT2D eigenvalue weighted by atomic mass is 9.78. The molecular weight excluding hydrogens is 646 g/mol. The number of rotatable bonds is 3. The van der Waals surface area contributed by atoms with E-state index in [0.29, 0.717) is 0 Å². The van der Waals surface area contributed by atoms with Crippen LogP contribution in [-0.4, -0.2) is 52.4 Å². The van der Waals surface area contributed by atoms with Gasteiger partial charge >= 0.3 is 37.1 Å². The summed E-state index contributed by atoms with van der Waals surface area (Å²) in [4.78, 5) is 0. The first kappa shape index (κ1) is 35.1. The molecule has 240 valence electrons. The average molecular weight is 656 g/mol. The quantitative estimate of drug-likeness (QED) is 0.208. The zero-order valence-electron chi connectivity index (χ0n) is 19.0. The molecule has 0 saturated heterocycles. The first-order chi connectivity index (χ1) is 18.2. The second-order valence-electron chi connectivity index (χ2n) is 8.45. The normalized spacial score (nSPS) is 15.5. The van der Waals surface area contributed by atoms with Crippen LogP contribution in [0.15, 0.2) is 18.2 Å². The predicted molar refractivity (Wildman–Crippen MR) is 101 cm³/mol. The van der Waals surface area contributed by atoms with Crippen molar-refractivity contribution < 1.29 is 94.3 Å². The summed E-state index contributed by atoms with van der Waals surface area (Å²) in [6, 6.07) is -2.75. The summed E-state index contributed by atoms with van der Waals surface area (Å²) in [5.74, 6) is 0. The zero-order chi connectivity index (χ0) is 33.7. The van der Waals surface area contributed by atoms with Crippen molar-refractivity contribution >= 4 is 22.1 Å². The number of hydrogen-bond acceptors (Lipinski definition) is 5. The molecule has 5 nitrogen and oxygen atoms in total. The molecule has 2 aromatic rings. The number of fused-ring (bicyclic) bond motifs is 1. The smallest absolute Gasteiger partial charge is 0.398 e. The molecule has 2 aromatic carbocycles. The fourth-order valence-corrected chi connectivity index (χ4v) is 3.87. The van der Waals surface area contributed by atoms with Gasteiger partial charge in [0.25, 0.3) is 16.8 Å². The Kier molecular flexibility index (Phi) is 7.70. The van der Waals surface area contributed by atoms with E-state index in [9.17, 15) is 94.3 Å². The van der Waals surface area contributed by atoms with Crippen molar-refractivity contribution in [2.75, 3.05) is 11.5 Å². The van der Waals surface area contributed by atoms with Gasteiger partial charge in [0.1, 0.15) is 0 Å². The highest BCUT2D eigenvalue weighted by Crippen LogP contribution is 2.59. The molecule has 0 heterocycles. The van der Waals surface area contributed by atoms with E-state index < -0.39 is 111 Å². The zero-order valence-corrected chi connectivity index (χ0v) is 19.0. The molecule has 0 aromatic heterocycles. The first-order valence-corrected chi connectivity index (χ1v) is 9.89. The molecule has 0 bridgehead atoms. The molecule has 0 aliphatic rings. The van der Waals surface area contributed by atoms with Crippen molar-refractivity contribution in [2.24, 2.45) is 0 Å². The van der Waals surface area contributed by atoms with E-state index in [-0.39, 0.29) is 0 Å². The van der Waals surface area contributed by atoms with E-state index >= 15 is 0 Å². The minimum absolute atomic E-state index is 0.549. The topological polar surface area (TPSA) is 113 Å². The standard InChI is InChI=1S/C19H10F18N2O3/c20-14(21,22)11(40,15(23,24)25)5-2-1-4-8(10(5)39)6(12(41,16(26,27)28)17(29,30)31)3-7(9(4)38)13(42,18(32,33)34)19(35,36)37/h1-3,40-42H,38-39H2. The predicted octanol–water partition coefficient (Wildman–Crippen LogP) is 5.94. The van der Waals surface area contributed by atoms with Crippen LogP contribution in [0, 0.1) is 0 Å². The second-order valence-corrected chi connectivity index (χ2v) is 8.45. The van der Waals surface area contributed by atoms with Gasteiger partial charge in [-0.1, -0.05) is 12.1 Å². The van der Waals surface area contributed by atoms with Gasteiger partial charge in [-0.05, 0) is 6.07 Å². The Hall–Kier alpha value is -3.08. The van der Waals surface area contributed by atoms with Crippen LogP contribution in [0.25, 0.3) is 10.8 Å². The number of hydrogen-bond donors (Lipinski definition) is 5. The molecule has 0 atom stereocenters. The van der Waals surface area contributed by atoms with Crippen molar-refractivity contribution in [1.29, 1.82) is 0 Å². The van der Waals surface area contributed by atoms with Crippen LogP contribution in [0.4, 0.5) is 90.4 Å². The molecule has 42 heavy (non-hydrogen) atoms. The van der Waals surface area contributed by atoms with Crippen molar-refractivity contribution in [3.63, 3.8) is 0 Å². The van der Waals surface area contributed by atoms with Gasteiger partial charge in [0.2, 0.25) is 0 Å². The lowest BCUT2D eigenvalue weighted by Gasteiger charge is -2.38. The van der Waals surface area contributed by atoms with Crippen LogP contribution >= 0.6 is 0 Å². The van der Waals surface area contributed by atoms with Gasteiger partial charge in [-0.2, -0.15) is 79.0 Å². The molecule has 0 unspecified atom stereocenters. The molecule has 0 saturated carbocycles. The van der Waals surface area contributed by atoms with Crippen molar-refractivity contribution in [1.82, 2.24) is 0 Å². The minimum Gasteiger partial charge on any atom is -0.398 e. The fourth-order valence-electron chi connectivity index (χ4n) is 3.87. The van der Waals surface area contributed by atoms with Gasteiger partial charge in [-0.3, -0.25) is 0 Å². The Balaban J connectivity index is 3.50. The van der Waals surface area contributed by atoms with E-state index in [2.05, 4.69) is 0 Å². The third kappa shape index (κ3) is 4.59. The number of alkyl halides is 18. The molecule has 0 aliphatic carbocycles. The summed E-state index contributed by atoms with van der Waals surface area (Å²) >= 11 is 0. The Bertz CT molecular complexity index is 1320. The van der Waals surface area contributed by atoms with Gasteiger partial charge in [-0.25, -0.2) is 0 Å². The monoisotopic (exact) mass is 656 g/mol. The van der Waals surface area contributed by atoms with Crippen LogP contribution in [0.1, 0.15) is 16.7 Å². The summed E-state index contributed by atoms with van der Waals surface area (Å²) in [6.07, 6.45) is -42.6. The van der Waals surface area contributed by atoms with Gasteiger partial charge in [0.15, 0.2) is 0 Å². The summed E-state index contributed by atoms with van der Waals surface area (Å²) < 4.78 is 243. The molecule has 23 heteroatoms. The van der Waals surface area contributed by atoms with Crippen LogP contribution in [0.3, 0.4) is 0 Å². The molecule has 7 N–H and O–H groups in total. The van der Waals surface area contributed by atoms with Gasteiger partial charge < -0.3 is 26.8 Å². The largest absolute Gasteiger partial charge is 0.430 e. The average Bonchev–Trinajstić information content (AvgIpc) is 2.73. The van der Waals surface area contributed by atoms with E-state index in [1.54, 1.807) is 0 Å². The van der Waals surface area contributed by atoms with Crippen LogP contribution in [0.2, 0.25) is 0 Å². The number of nitrogen functional groups attached to an aromatic ring is 2. The second kappa shape index (κ2) is 9.21. The highest BCUT2D eigenvalue weighted by atomic mass is 19.4. The summed E-state index contributed by atoms with van der Waals surface area (Å²) in [5.41, 5.74) is -23.6. The molecule has 0 amide bonds. The summed E-state index contributed by atoms with van der Waals surface area (Å²) in [7, 11) is 0. The maximum absolute atomic E-state index is 13.7. The number of benzene rings is 2. The molecule has 2 rings (SSSR count). The Labute approximate surface area is 217 Å². The summed E-state index contributed by atoms with van der Waals surface area (Å²) in [5, 5.41) is 24.3. The molecule has 0 radical (unpaired) electrons. The van der Waals surface area contributed by atoms with E-state index in [4.69, 9.17) is 11.5 Å². The SMILES string of the molecule is Nc1c(C(O)(C(F)(F)F)C(F)(F)F)cc(C(O)(C(F)(F)F)C(F)(F)F)c2c(N)c(C(O)(C(F)(F)F)C(F)(F)F)ccc12. The summed E-state index contributed by atoms with van der Waals surface area (Å²) in [6.45, 7) is 0. The highest BCUT2D eigenvalue weighted by Gasteiger charge is 2.76. The maximum atomic E-state index is 13.7. The fraction of sp³-hybridized carbons (Fsp3) is 0.474. The van der Waals surface area contributed by atoms with Crippen molar-refractivity contribution in [3.8, 4) is 0 Å². The minimum atomic E-state index is -7.27. The molecule has 0 aliphatic heterocycles. The molecule has 0 fully saturated rings. The van der Waals surface area contributed by atoms with E-state index in [1.807, 2.05) is 0 Å². The van der Waals surface area contributed by atoms with Crippen LogP contribution in [-0.2, 0) is 16.8 Å². The molecular formula is C19H10F18N2O3. The van der Waals surface area contributed by atoms with Crippen molar-refractivity contribution in [2.45, 2.75) is 53.9 Å². The third-order valence-corrected chi connectivity index (χ3v) is 6.01. The Morgan fingerprint density at radius 3 is 1.00 bits per heavy atom. The van der Waals surface area contributed by atoms with Gasteiger partial charge in [0.05, 0.1) is 0 Å². The Morgan fingerprint density at radius 1 is 0.405 bits per heavy atom. The van der Waals surface area contributed by atoms with Crippen LogP contribution in [0.5, 0.6) is 0 Å². The number of anilines is 2. The number of nitrogens with two attached hydrogens (primary N) is 2. The first-order valence-electron chi connectivity index (χ1n) is 9.89. The van der Waals surface area contributed by atoms with E-state index in [0.717, 1.165) is 0 Å². The number of halogens is 18. The lowest BCUT2D eigenvalue weighted by molar-refractivity contribution is -0.378. The maximum Gasteiger partial charge on any atom is 0.430 e. The van der Waals surface area contributed by atoms with Crippen molar-refractivity contribution in [3.05, 3.63) is 34.9 Å². The highest BCUT2D eigenvalue weighted by molar-refractivity contribution is 6.05. The number of aliphatic hydroxyl groups is 3. The molecule has 0 spiro atoms. The van der Waals surface area contributed by atoms with Gasteiger partial charge in [0, 0.05) is 38.8 Å². The third-order valence-electron chi connectivity index (χ3n) is 6.01. The van der Waals surface area contributed by atoms with E-state index in [1.165, 1.54) is 0 Å². The van der Waals surface area contributed by atoms with Crippen LogP contribution < -0.4 is 11.5 Å².